The first kappa shape index (κ1) is 24.4. The Labute approximate surface area is 204 Å². The molecule has 1 saturated heterocycles. The summed E-state index contributed by atoms with van der Waals surface area (Å²) in [5, 5.41) is 0.608. The number of esters is 2. The van der Waals surface area contributed by atoms with Gasteiger partial charge in [0.2, 0.25) is 0 Å². The third-order valence-electron chi connectivity index (χ3n) is 6.25. The number of carbonyl (C=O) groups is 2. The standard InChI is InChI=1S/C26H29ClO7/c1-14-15(2)32-25(26(34-17(4)29)24(14)33-16(3)28)19-6-7-21(27)20(13-19)11-18-5-8-22-23(12-18)31-10-9-30-22/h5-8,12-15,24-26H,9-11H2,1-4H3/t14-,15+,24+,25+,26-/m1/s1. The molecule has 5 atom stereocenters. The highest BCUT2D eigenvalue weighted by molar-refractivity contribution is 6.31. The molecule has 2 aromatic carbocycles. The van der Waals surface area contributed by atoms with Crippen molar-refractivity contribution in [3.05, 3.63) is 58.1 Å². The lowest BCUT2D eigenvalue weighted by atomic mass is 9.85. The van der Waals surface area contributed by atoms with Gasteiger partial charge in [-0.2, -0.15) is 0 Å². The first-order valence-electron chi connectivity index (χ1n) is 11.4. The summed E-state index contributed by atoms with van der Waals surface area (Å²) in [5.74, 6) is 0.386. The van der Waals surface area contributed by atoms with Gasteiger partial charge in [0.05, 0.1) is 6.10 Å². The van der Waals surface area contributed by atoms with E-state index in [1.165, 1.54) is 13.8 Å². The number of ether oxygens (including phenoxy) is 5. The first-order chi connectivity index (χ1) is 16.2. The number of hydrogen-bond acceptors (Lipinski definition) is 7. The van der Waals surface area contributed by atoms with Crippen LogP contribution in [0.4, 0.5) is 0 Å². The minimum absolute atomic E-state index is 0.158. The fourth-order valence-corrected chi connectivity index (χ4v) is 4.64. The molecule has 2 aromatic rings. The highest BCUT2D eigenvalue weighted by Gasteiger charge is 2.47. The van der Waals surface area contributed by atoms with E-state index in [4.69, 9.17) is 35.3 Å². The summed E-state index contributed by atoms with van der Waals surface area (Å²) in [5.41, 5.74) is 2.69. The average Bonchev–Trinajstić information content (AvgIpc) is 2.79. The molecule has 0 aliphatic carbocycles. The maximum absolute atomic E-state index is 11.9. The molecule has 4 rings (SSSR count). The van der Waals surface area contributed by atoms with Crippen LogP contribution >= 0.6 is 11.6 Å². The summed E-state index contributed by atoms with van der Waals surface area (Å²) in [6.45, 7) is 7.57. The van der Waals surface area contributed by atoms with Gasteiger partial charge in [-0.1, -0.05) is 36.7 Å². The van der Waals surface area contributed by atoms with Gasteiger partial charge in [-0.05, 0) is 48.2 Å². The molecular weight excluding hydrogens is 460 g/mol. The molecule has 0 radical (unpaired) electrons. The van der Waals surface area contributed by atoms with Crippen molar-refractivity contribution in [1.29, 1.82) is 0 Å². The van der Waals surface area contributed by atoms with Crippen LogP contribution < -0.4 is 9.47 Å². The summed E-state index contributed by atoms with van der Waals surface area (Å²) in [7, 11) is 0. The topological polar surface area (TPSA) is 80.3 Å². The highest BCUT2D eigenvalue weighted by Crippen LogP contribution is 2.40. The Morgan fingerprint density at radius 2 is 1.62 bits per heavy atom. The number of carbonyl (C=O) groups excluding carboxylic acids is 2. The van der Waals surface area contributed by atoms with Gasteiger partial charge in [-0.3, -0.25) is 9.59 Å². The van der Waals surface area contributed by atoms with Gasteiger partial charge in [0.15, 0.2) is 17.6 Å². The molecule has 7 nitrogen and oxygen atoms in total. The van der Waals surface area contributed by atoms with Crippen molar-refractivity contribution in [2.24, 2.45) is 5.92 Å². The van der Waals surface area contributed by atoms with Gasteiger partial charge in [-0.15, -0.1) is 0 Å². The van der Waals surface area contributed by atoms with E-state index in [0.29, 0.717) is 30.4 Å². The Balaban J connectivity index is 1.65. The van der Waals surface area contributed by atoms with Crippen LogP contribution in [-0.2, 0) is 30.2 Å². The van der Waals surface area contributed by atoms with Crippen molar-refractivity contribution in [2.75, 3.05) is 13.2 Å². The second-order valence-corrected chi connectivity index (χ2v) is 9.18. The second kappa shape index (κ2) is 10.2. The summed E-state index contributed by atoms with van der Waals surface area (Å²) in [6.07, 6.45) is -1.69. The predicted molar refractivity (Wildman–Crippen MR) is 125 cm³/mol. The van der Waals surface area contributed by atoms with Crippen LogP contribution in [0.5, 0.6) is 11.5 Å². The van der Waals surface area contributed by atoms with Crippen LogP contribution in [0.1, 0.15) is 50.5 Å². The lowest BCUT2D eigenvalue weighted by molar-refractivity contribution is -0.222. The van der Waals surface area contributed by atoms with Crippen LogP contribution in [0, 0.1) is 5.92 Å². The van der Waals surface area contributed by atoms with Crippen molar-refractivity contribution in [2.45, 2.75) is 58.5 Å². The Bertz CT molecular complexity index is 1070. The van der Waals surface area contributed by atoms with Crippen molar-refractivity contribution >= 4 is 23.5 Å². The fraction of sp³-hybridized carbons (Fsp3) is 0.462. The zero-order chi connectivity index (χ0) is 24.4. The quantitative estimate of drug-likeness (QED) is 0.566. The van der Waals surface area contributed by atoms with Gasteiger partial charge >= 0.3 is 11.9 Å². The summed E-state index contributed by atoms with van der Waals surface area (Å²) in [6, 6.07) is 11.4. The summed E-state index contributed by atoms with van der Waals surface area (Å²) >= 11 is 6.55. The maximum atomic E-state index is 11.9. The monoisotopic (exact) mass is 488 g/mol. The molecule has 0 unspecified atom stereocenters. The van der Waals surface area contributed by atoms with Crippen molar-refractivity contribution in [3.63, 3.8) is 0 Å². The Kier molecular flexibility index (Phi) is 7.33. The lowest BCUT2D eigenvalue weighted by Gasteiger charge is -2.43. The first-order valence-corrected chi connectivity index (χ1v) is 11.8. The number of fused-ring (bicyclic) bond motifs is 1. The fourth-order valence-electron chi connectivity index (χ4n) is 4.45. The van der Waals surface area contributed by atoms with E-state index >= 15 is 0 Å². The number of halogens is 1. The molecule has 2 aliphatic rings. The van der Waals surface area contributed by atoms with E-state index in [0.717, 1.165) is 22.4 Å². The van der Waals surface area contributed by atoms with Crippen LogP contribution in [-0.4, -0.2) is 43.5 Å². The molecular formula is C26H29ClO7. The maximum Gasteiger partial charge on any atom is 0.303 e. The molecule has 34 heavy (non-hydrogen) atoms. The Morgan fingerprint density at radius 3 is 2.32 bits per heavy atom. The highest BCUT2D eigenvalue weighted by atomic mass is 35.5. The number of hydrogen-bond donors (Lipinski definition) is 0. The number of benzene rings is 2. The van der Waals surface area contributed by atoms with Crippen LogP contribution in [0.25, 0.3) is 0 Å². The van der Waals surface area contributed by atoms with E-state index in [9.17, 15) is 9.59 Å². The molecule has 1 fully saturated rings. The van der Waals surface area contributed by atoms with Gasteiger partial charge in [0, 0.05) is 24.8 Å². The molecule has 2 aliphatic heterocycles. The lowest BCUT2D eigenvalue weighted by Crippen LogP contribution is -2.52. The molecule has 0 spiro atoms. The van der Waals surface area contributed by atoms with Crippen LogP contribution in [0.2, 0.25) is 5.02 Å². The zero-order valence-corrected chi connectivity index (χ0v) is 20.5. The third kappa shape index (κ3) is 5.31. The minimum Gasteiger partial charge on any atom is -0.486 e. The van der Waals surface area contributed by atoms with E-state index < -0.39 is 30.3 Å². The van der Waals surface area contributed by atoms with Crippen molar-refractivity contribution in [3.8, 4) is 11.5 Å². The third-order valence-corrected chi connectivity index (χ3v) is 6.61. The molecule has 0 saturated carbocycles. The van der Waals surface area contributed by atoms with E-state index in [1.807, 2.05) is 50.2 Å². The van der Waals surface area contributed by atoms with E-state index in [-0.39, 0.29) is 12.0 Å². The SMILES string of the molecule is CC(=O)O[C@@H]1[C@@H](OC(C)=O)[C@H](C)[C@H](C)O[C@H]1c1ccc(Cl)c(Cc2ccc3c(c2)OCCO3)c1. The largest absolute Gasteiger partial charge is 0.486 e. The molecule has 0 bridgehead atoms. The molecule has 0 amide bonds. The average molecular weight is 489 g/mol. The van der Waals surface area contributed by atoms with Gasteiger partial charge in [0.1, 0.15) is 25.4 Å². The van der Waals surface area contributed by atoms with E-state index in [1.54, 1.807) is 0 Å². The van der Waals surface area contributed by atoms with Crippen LogP contribution in [0.3, 0.4) is 0 Å². The van der Waals surface area contributed by atoms with Crippen molar-refractivity contribution < 1.29 is 33.3 Å². The molecule has 0 N–H and O–H groups in total. The summed E-state index contributed by atoms with van der Waals surface area (Å²) in [4.78, 5) is 23.7. The number of rotatable bonds is 5. The smallest absolute Gasteiger partial charge is 0.303 e. The van der Waals surface area contributed by atoms with E-state index in [2.05, 4.69) is 0 Å². The summed E-state index contributed by atoms with van der Waals surface area (Å²) < 4.78 is 28.8. The van der Waals surface area contributed by atoms with Gasteiger partial charge < -0.3 is 23.7 Å². The predicted octanol–water partition coefficient (Wildman–Crippen LogP) is 4.66. The van der Waals surface area contributed by atoms with Gasteiger partial charge in [0.25, 0.3) is 0 Å². The molecule has 2 heterocycles. The molecule has 8 heteroatoms. The second-order valence-electron chi connectivity index (χ2n) is 8.77. The zero-order valence-electron chi connectivity index (χ0n) is 19.7. The molecule has 182 valence electrons. The van der Waals surface area contributed by atoms with Crippen molar-refractivity contribution in [1.82, 2.24) is 0 Å². The van der Waals surface area contributed by atoms with Gasteiger partial charge in [-0.25, -0.2) is 0 Å². The Hall–Kier alpha value is -2.77. The normalized spacial score (nSPS) is 26.0. The molecule has 0 aromatic heterocycles. The minimum atomic E-state index is -0.782. The Morgan fingerprint density at radius 1 is 0.941 bits per heavy atom. The van der Waals surface area contributed by atoms with Crippen LogP contribution in [0.15, 0.2) is 36.4 Å².